The van der Waals surface area contributed by atoms with Crippen LogP contribution in [0.25, 0.3) is 0 Å². The minimum Gasteiger partial charge on any atom is -0.548 e. The van der Waals surface area contributed by atoms with Crippen molar-refractivity contribution in [2.45, 2.75) is 19.4 Å². The molecule has 0 unspecified atom stereocenters. The predicted octanol–water partition coefficient (Wildman–Crippen LogP) is -3.47. The van der Waals surface area contributed by atoms with Gasteiger partial charge in [0.05, 0.1) is 12.0 Å². The molecule has 6 heteroatoms. The van der Waals surface area contributed by atoms with Crippen LogP contribution in [0.4, 0.5) is 5.69 Å². The fourth-order valence-electron chi connectivity index (χ4n) is 1.20. The van der Waals surface area contributed by atoms with E-state index in [1.165, 1.54) is 12.1 Å². The van der Waals surface area contributed by atoms with E-state index in [4.69, 9.17) is 5.73 Å². The number of hydrogen-bond donors (Lipinski definition) is 2. The Kier molecular flexibility index (Phi) is 6.87. The summed E-state index contributed by atoms with van der Waals surface area (Å²) >= 11 is 0. The van der Waals surface area contributed by atoms with Gasteiger partial charge in [0.25, 0.3) is 5.91 Å². The van der Waals surface area contributed by atoms with Gasteiger partial charge in [0.2, 0.25) is 0 Å². The molecule has 0 bridgehead atoms. The average molecular weight is 244 g/mol. The van der Waals surface area contributed by atoms with E-state index in [-0.39, 0.29) is 36.0 Å². The van der Waals surface area contributed by atoms with Gasteiger partial charge in [-0.15, -0.1) is 0 Å². The summed E-state index contributed by atoms with van der Waals surface area (Å²) in [5, 5.41) is 13.0. The van der Waals surface area contributed by atoms with Gasteiger partial charge in [-0.05, 0) is 30.7 Å². The van der Waals surface area contributed by atoms with E-state index in [9.17, 15) is 14.7 Å². The first-order chi connectivity index (χ1) is 7.54. The molecule has 0 saturated carbocycles. The Bertz CT molecular complexity index is 392. The Morgan fingerprint density at radius 3 is 2.29 bits per heavy atom. The molecule has 0 saturated heterocycles. The van der Waals surface area contributed by atoms with E-state index in [1.54, 1.807) is 19.1 Å². The number of carboxylic acids is 1. The molecule has 1 amide bonds. The third kappa shape index (κ3) is 4.77. The number of benzene rings is 1. The molecular formula is C11H13N2NaO3. The number of anilines is 1. The summed E-state index contributed by atoms with van der Waals surface area (Å²) in [7, 11) is 0. The molecule has 1 aromatic carbocycles. The van der Waals surface area contributed by atoms with Crippen molar-refractivity contribution in [1.29, 1.82) is 0 Å². The minimum absolute atomic E-state index is 0. The van der Waals surface area contributed by atoms with Crippen molar-refractivity contribution in [2.75, 3.05) is 5.73 Å². The monoisotopic (exact) mass is 244 g/mol. The van der Waals surface area contributed by atoms with Crippen molar-refractivity contribution in [3.05, 3.63) is 29.8 Å². The van der Waals surface area contributed by atoms with Crippen molar-refractivity contribution in [1.82, 2.24) is 5.32 Å². The molecule has 0 fully saturated rings. The van der Waals surface area contributed by atoms with E-state index in [1.807, 2.05) is 0 Å². The van der Waals surface area contributed by atoms with Crippen molar-refractivity contribution in [2.24, 2.45) is 0 Å². The van der Waals surface area contributed by atoms with Crippen LogP contribution in [0.5, 0.6) is 0 Å². The van der Waals surface area contributed by atoms with E-state index >= 15 is 0 Å². The number of hydrogen-bond acceptors (Lipinski definition) is 4. The number of carbonyl (C=O) groups excluding carboxylic acids is 2. The molecule has 0 aliphatic heterocycles. The van der Waals surface area contributed by atoms with Crippen LogP contribution in [-0.4, -0.2) is 17.9 Å². The zero-order chi connectivity index (χ0) is 12.1. The maximum absolute atomic E-state index is 11.6. The fraction of sp³-hybridized carbons (Fsp3) is 0.273. The van der Waals surface area contributed by atoms with Crippen LogP contribution in [0.3, 0.4) is 0 Å². The standard InChI is InChI=1S/C11H14N2O3.Na/c1-2-9(11(15)16)13-10(14)7-3-5-8(12)6-4-7;/h3-6,9H,2,12H2,1H3,(H,13,14)(H,15,16);/q;+1/p-1/t9-;/m0./s1. The smallest absolute Gasteiger partial charge is 0.548 e. The zero-order valence-corrected chi connectivity index (χ0v) is 11.9. The summed E-state index contributed by atoms with van der Waals surface area (Å²) in [6.07, 6.45) is 0.281. The molecule has 86 valence electrons. The molecule has 5 nitrogen and oxygen atoms in total. The first-order valence-corrected chi connectivity index (χ1v) is 4.92. The van der Waals surface area contributed by atoms with Gasteiger partial charge in [-0.25, -0.2) is 0 Å². The second-order valence-electron chi connectivity index (χ2n) is 3.38. The number of nitrogen functional groups attached to an aromatic ring is 1. The molecular weight excluding hydrogens is 231 g/mol. The third-order valence-corrected chi connectivity index (χ3v) is 2.17. The second kappa shape index (κ2) is 7.32. The minimum atomic E-state index is -1.29. The quantitative estimate of drug-likeness (QED) is 0.425. The molecule has 0 aliphatic carbocycles. The van der Waals surface area contributed by atoms with Crippen molar-refractivity contribution in [3.8, 4) is 0 Å². The maximum atomic E-state index is 11.6. The van der Waals surface area contributed by atoms with Crippen LogP contribution in [0.1, 0.15) is 23.7 Å². The molecule has 1 rings (SSSR count). The SMILES string of the molecule is CC[C@H](NC(=O)c1ccc(N)cc1)C(=O)[O-].[Na+]. The Labute approximate surface area is 122 Å². The van der Waals surface area contributed by atoms with Gasteiger partial charge in [-0.1, -0.05) is 6.92 Å². The summed E-state index contributed by atoms with van der Waals surface area (Å²) in [4.78, 5) is 22.2. The number of amides is 1. The van der Waals surface area contributed by atoms with E-state index in [2.05, 4.69) is 5.32 Å². The summed E-state index contributed by atoms with van der Waals surface area (Å²) in [6.45, 7) is 1.66. The van der Waals surface area contributed by atoms with Gasteiger partial charge in [-0.3, -0.25) is 4.79 Å². The normalized spacial score (nSPS) is 11.1. The molecule has 0 aromatic heterocycles. The van der Waals surface area contributed by atoms with Crippen molar-refractivity contribution in [3.63, 3.8) is 0 Å². The number of nitrogens with two attached hydrogens (primary N) is 1. The first-order valence-electron chi connectivity index (χ1n) is 4.92. The van der Waals surface area contributed by atoms with Crippen molar-refractivity contribution >= 4 is 17.6 Å². The van der Waals surface area contributed by atoms with Crippen LogP contribution in [0.2, 0.25) is 0 Å². The fourth-order valence-corrected chi connectivity index (χ4v) is 1.20. The number of aliphatic carboxylic acids is 1. The molecule has 1 aromatic rings. The number of carbonyl (C=O) groups is 2. The van der Waals surface area contributed by atoms with E-state index in [0.29, 0.717) is 11.3 Å². The van der Waals surface area contributed by atoms with Gasteiger partial charge in [0, 0.05) is 11.3 Å². The van der Waals surface area contributed by atoms with Crippen LogP contribution >= 0.6 is 0 Å². The van der Waals surface area contributed by atoms with E-state index < -0.39 is 17.9 Å². The zero-order valence-electron chi connectivity index (χ0n) is 9.90. The Morgan fingerprint density at radius 2 is 1.88 bits per heavy atom. The summed E-state index contributed by atoms with van der Waals surface area (Å²) < 4.78 is 0. The molecule has 3 N–H and O–H groups in total. The molecule has 1 atom stereocenters. The number of rotatable bonds is 4. The Hall–Kier alpha value is -1.04. The molecule has 0 radical (unpaired) electrons. The van der Waals surface area contributed by atoms with Crippen LogP contribution in [-0.2, 0) is 4.79 Å². The van der Waals surface area contributed by atoms with Gasteiger partial charge >= 0.3 is 29.6 Å². The Balaban J connectivity index is 0.00000256. The first kappa shape index (κ1) is 16.0. The number of carboxylic acid groups (broad SMARTS) is 1. The van der Waals surface area contributed by atoms with Crippen LogP contribution in [0, 0.1) is 0 Å². The van der Waals surface area contributed by atoms with Crippen LogP contribution < -0.4 is 45.7 Å². The number of nitrogens with one attached hydrogen (secondary N) is 1. The largest absolute Gasteiger partial charge is 1.00 e. The van der Waals surface area contributed by atoms with Crippen LogP contribution in [0.15, 0.2) is 24.3 Å². The Morgan fingerprint density at radius 1 is 1.35 bits per heavy atom. The van der Waals surface area contributed by atoms with E-state index in [0.717, 1.165) is 0 Å². The van der Waals surface area contributed by atoms with Gasteiger partial charge in [-0.2, -0.15) is 0 Å². The molecule has 0 aliphatic rings. The molecule has 17 heavy (non-hydrogen) atoms. The topological polar surface area (TPSA) is 95.2 Å². The molecule has 0 heterocycles. The molecule has 0 spiro atoms. The van der Waals surface area contributed by atoms with Crippen molar-refractivity contribution < 1.29 is 44.3 Å². The predicted molar refractivity (Wildman–Crippen MR) is 57.4 cm³/mol. The van der Waals surface area contributed by atoms with Gasteiger partial charge < -0.3 is 21.0 Å². The summed E-state index contributed by atoms with van der Waals surface area (Å²) in [5.41, 5.74) is 6.38. The van der Waals surface area contributed by atoms with Gasteiger partial charge in [0.1, 0.15) is 0 Å². The third-order valence-electron chi connectivity index (χ3n) is 2.17. The summed E-state index contributed by atoms with van der Waals surface area (Å²) in [5.74, 6) is -1.73. The average Bonchev–Trinajstić information content (AvgIpc) is 2.26. The second-order valence-corrected chi connectivity index (χ2v) is 3.38. The van der Waals surface area contributed by atoms with Gasteiger partial charge in [0.15, 0.2) is 0 Å². The summed E-state index contributed by atoms with van der Waals surface area (Å²) in [6, 6.07) is 5.26. The maximum Gasteiger partial charge on any atom is 1.00 e.